The molecular weight excluding hydrogens is 332 g/mol. The van der Waals surface area contributed by atoms with Gasteiger partial charge in [0.15, 0.2) is 0 Å². The Balaban J connectivity index is 1.73. The minimum Gasteiger partial charge on any atom is -0.363 e. The molecule has 0 saturated carbocycles. The Bertz CT molecular complexity index is 1010. The molecule has 138 valence electrons. The summed E-state index contributed by atoms with van der Waals surface area (Å²) in [6.45, 7) is 8.22. The summed E-state index contributed by atoms with van der Waals surface area (Å²) in [7, 11) is 0. The number of nitrogens with zero attached hydrogens (tertiary/aromatic N) is 2. The molecule has 0 radical (unpaired) electrons. The van der Waals surface area contributed by atoms with Gasteiger partial charge < -0.3 is 10.6 Å². The van der Waals surface area contributed by atoms with E-state index in [0.29, 0.717) is 0 Å². The highest BCUT2D eigenvalue weighted by Crippen LogP contribution is 2.29. The standard InChI is InChI=1S/C23H26N4/c1-15-5-4-6-19(13-15)16(2)25-23-21-14-20(18-9-11-24-12-10-18)7-8-22(21)26-17(3)27-23/h4-9,13-14,16,24H,10-12H2,1-3H3,(H,25,26,27)/t16-/m1/s1. The number of hydrogen-bond donors (Lipinski definition) is 2. The van der Waals surface area contributed by atoms with E-state index in [1.54, 1.807) is 0 Å². The van der Waals surface area contributed by atoms with Crippen molar-refractivity contribution in [3.05, 3.63) is 71.1 Å². The summed E-state index contributed by atoms with van der Waals surface area (Å²) in [5.74, 6) is 1.69. The van der Waals surface area contributed by atoms with Gasteiger partial charge in [-0.2, -0.15) is 0 Å². The highest BCUT2D eigenvalue weighted by atomic mass is 15.0. The molecule has 4 rings (SSSR count). The van der Waals surface area contributed by atoms with Crippen molar-refractivity contribution in [2.45, 2.75) is 33.2 Å². The average Bonchev–Trinajstić information content (AvgIpc) is 2.68. The molecule has 0 spiro atoms. The van der Waals surface area contributed by atoms with Crippen molar-refractivity contribution >= 4 is 22.3 Å². The topological polar surface area (TPSA) is 49.8 Å². The minimum atomic E-state index is 0.171. The summed E-state index contributed by atoms with van der Waals surface area (Å²) in [4.78, 5) is 9.36. The van der Waals surface area contributed by atoms with E-state index in [1.165, 1.54) is 22.3 Å². The summed E-state index contributed by atoms with van der Waals surface area (Å²) >= 11 is 0. The van der Waals surface area contributed by atoms with E-state index in [2.05, 4.69) is 78.0 Å². The lowest BCUT2D eigenvalue weighted by atomic mass is 9.98. The monoisotopic (exact) mass is 358 g/mol. The molecule has 2 N–H and O–H groups in total. The maximum atomic E-state index is 4.72. The van der Waals surface area contributed by atoms with E-state index in [1.807, 2.05) is 6.92 Å². The van der Waals surface area contributed by atoms with Gasteiger partial charge in [-0.15, -0.1) is 0 Å². The third-order valence-corrected chi connectivity index (χ3v) is 5.14. The Hall–Kier alpha value is -2.72. The molecule has 0 unspecified atom stereocenters. The summed E-state index contributed by atoms with van der Waals surface area (Å²) in [5.41, 5.74) is 6.18. The number of aryl methyl sites for hydroxylation is 2. The van der Waals surface area contributed by atoms with Crippen molar-refractivity contribution < 1.29 is 0 Å². The second-order valence-corrected chi connectivity index (χ2v) is 7.32. The van der Waals surface area contributed by atoms with E-state index < -0.39 is 0 Å². The smallest absolute Gasteiger partial charge is 0.138 e. The molecule has 1 aromatic heterocycles. The zero-order chi connectivity index (χ0) is 18.8. The molecule has 27 heavy (non-hydrogen) atoms. The van der Waals surface area contributed by atoms with Crippen molar-refractivity contribution in [3.63, 3.8) is 0 Å². The number of anilines is 1. The van der Waals surface area contributed by atoms with Gasteiger partial charge in [0.25, 0.3) is 0 Å². The predicted octanol–water partition coefficient (Wildman–Crippen LogP) is 4.80. The fourth-order valence-corrected chi connectivity index (χ4v) is 3.67. The second kappa shape index (κ2) is 7.49. The molecule has 0 fully saturated rings. The van der Waals surface area contributed by atoms with Crippen molar-refractivity contribution in [3.8, 4) is 0 Å². The molecule has 1 aliphatic rings. The van der Waals surface area contributed by atoms with Crippen LogP contribution < -0.4 is 10.6 Å². The fraction of sp³-hybridized carbons (Fsp3) is 0.304. The Morgan fingerprint density at radius 3 is 2.74 bits per heavy atom. The first-order valence-corrected chi connectivity index (χ1v) is 9.62. The molecule has 4 nitrogen and oxygen atoms in total. The van der Waals surface area contributed by atoms with Crippen LogP contribution in [0.5, 0.6) is 0 Å². The van der Waals surface area contributed by atoms with Gasteiger partial charge >= 0.3 is 0 Å². The lowest BCUT2D eigenvalue weighted by Crippen LogP contribution is -2.20. The van der Waals surface area contributed by atoms with Gasteiger partial charge in [0.2, 0.25) is 0 Å². The molecule has 0 saturated heterocycles. The van der Waals surface area contributed by atoms with Gasteiger partial charge in [0, 0.05) is 18.0 Å². The Morgan fingerprint density at radius 2 is 1.96 bits per heavy atom. The Morgan fingerprint density at radius 1 is 1.07 bits per heavy atom. The van der Waals surface area contributed by atoms with E-state index in [0.717, 1.165) is 42.1 Å². The normalized spacial score (nSPS) is 15.4. The molecule has 1 aliphatic heterocycles. The Kier molecular flexibility index (Phi) is 4.90. The third-order valence-electron chi connectivity index (χ3n) is 5.14. The summed E-state index contributed by atoms with van der Waals surface area (Å²) in [6.07, 6.45) is 3.34. The zero-order valence-corrected chi connectivity index (χ0v) is 16.2. The van der Waals surface area contributed by atoms with E-state index >= 15 is 0 Å². The molecule has 2 aromatic carbocycles. The lowest BCUT2D eigenvalue weighted by molar-refractivity contribution is 0.738. The number of rotatable bonds is 4. The number of hydrogen-bond acceptors (Lipinski definition) is 4. The molecule has 2 heterocycles. The van der Waals surface area contributed by atoms with Gasteiger partial charge in [0.1, 0.15) is 11.6 Å². The van der Waals surface area contributed by atoms with Gasteiger partial charge in [-0.05, 0) is 62.6 Å². The first kappa shape index (κ1) is 17.7. The molecule has 0 amide bonds. The van der Waals surface area contributed by atoms with E-state index in [9.17, 15) is 0 Å². The van der Waals surface area contributed by atoms with Crippen LogP contribution in [0, 0.1) is 13.8 Å². The first-order chi connectivity index (χ1) is 13.1. The van der Waals surface area contributed by atoms with Crippen molar-refractivity contribution in [1.82, 2.24) is 15.3 Å². The predicted molar refractivity (Wildman–Crippen MR) is 113 cm³/mol. The fourth-order valence-electron chi connectivity index (χ4n) is 3.67. The van der Waals surface area contributed by atoms with Gasteiger partial charge in [-0.3, -0.25) is 0 Å². The van der Waals surface area contributed by atoms with Crippen LogP contribution in [-0.2, 0) is 0 Å². The number of nitrogens with one attached hydrogen (secondary N) is 2. The van der Waals surface area contributed by atoms with Gasteiger partial charge in [0.05, 0.1) is 5.52 Å². The molecule has 1 atom stereocenters. The summed E-state index contributed by atoms with van der Waals surface area (Å²) in [6, 6.07) is 15.3. The number of fused-ring (bicyclic) bond motifs is 1. The van der Waals surface area contributed by atoms with Crippen LogP contribution in [0.4, 0.5) is 5.82 Å². The van der Waals surface area contributed by atoms with E-state index in [-0.39, 0.29) is 6.04 Å². The lowest BCUT2D eigenvalue weighted by Gasteiger charge is -2.19. The quantitative estimate of drug-likeness (QED) is 0.703. The van der Waals surface area contributed by atoms with Crippen LogP contribution in [0.15, 0.2) is 48.5 Å². The zero-order valence-electron chi connectivity index (χ0n) is 16.2. The van der Waals surface area contributed by atoms with Crippen LogP contribution in [0.25, 0.3) is 16.5 Å². The maximum absolute atomic E-state index is 4.72. The highest BCUT2D eigenvalue weighted by molar-refractivity contribution is 5.92. The SMILES string of the molecule is Cc1cccc([C@@H](C)Nc2nc(C)nc3ccc(C4=CCNCC4)cc23)c1. The van der Waals surface area contributed by atoms with Crippen LogP contribution in [-0.4, -0.2) is 23.1 Å². The van der Waals surface area contributed by atoms with Gasteiger partial charge in [-0.1, -0.05) is 42.0 Å². The van der Waals surface area contributed by atoms with Crippen molar-refractivity contribution in [1.29, 1.82) is 0 Å². The maximum Gasteiger partial charge on any atom is 0.138 e. The summed E-state index contributed by atoms with van der Waals surface area (Å²) in [5, 5.41) is 8.07. The van der Waals surface area contributed by atoms with Crippen molar-refractivity contribution in [2.75, 3.05) is 18.4 Å². The van der Waals surface area contributed by atoms with Crippen LogP contribution in [0.3, 0.4) is 0 Å². The van der Waals surface area contributed by atoms with E-state index in [4.69, 9.17) is 4.98 Å². The third kappa shape index (κ3) is 3.86. The molecule has 0 aliphatic carbocycles. The molecule has 0 bridgehead atoms. The van der Waals surface area contributed by atoms with Crippen LogP contribution >= 0.6 is 0 Å². The van der Waals surface area contributed by atoms with Crippen LogP contribution in [0.1, 0.15) is 41.9 Å². The molecule has 4 heteroatoms. The summed E-state index contributed by atoms with van der Waals surface area (Å²) < 4.78 is 0. The largest absolute Gasteiger partial charge is 0.363 e. The highest BCUT2D eigenvalue weighted by Gasteiger charge is 2.13. The van der Waals surface area contributed by atoms with Gasteiger partial charge in [-0.25, -0.2) is 9.97 Å². The number of benzene rings is 2. The second-order valence-electron chi connectivity index (χ2n) is 7.32. The average molecular weight is 358 g/mol. The number of aromatic nitrogens is 2. The first-order valence-electron chi connectivity index (χ1n) is 9.62. The molecule has 3 aromatic rings. The Labute approximate surface area is 160 Å². The van der Waals surface area contributed by atoms with Crippen molar-refractivity contribution in [2.24, 2.45) is 0 Å². The molecular formula is C23H26N4. The minimum absolute atomic E-state index is 0.171. The van der Waals surface area contributed by atoms with Crippen LogP contribution in [0.2, 0.25) is 0 Å².